The Morgan fingerprint density at radius 3 is 2.80 bits per heavy atom. The van der Waals surface area contributed by atoms with Crippen molar-refractivity contribution in [3.05, 3.63) is 70.7 Å². The highest BCUT2D eigenvalue weighted by Gasteiger charge is 2.08. The van der Waals surface area contributed by atoms with Crippen molar-refractivity contribution in [2.24, 2.45) is 0 Å². The molecule has 20 heavy (non-hydrogen) atoms. The van der Waals surface area contributed by atoms with Gasteiger partial charge in [0.05, 0.1) is 11.9 Å². The SMILES string of the molecule is CC(NCc1cccs1)c1cnn(-c2ccccc2)c1. The fourth-order valence-corrected chi connectivity index (χ4v) is 2.72. The van der Waals surface area contributed by atoms with Crippen molar-refractivity contribution in [1.29, 1.82) is 0 Å². The Labute approximate surface area is 122 Å². The summed E-state index contributed by atoms with van der Waals surface area (Å²) in [6, 6.07) is 14.7. The fraction of sp³-hybridized carbons (Fsp3) is 0.188. The van der Waals surface area contributed by atoms with Crippen molar-refractivity contribution >= 4 is 11.3 Å². The van der Waals surface area contributed by atoms with E-state index in [2.05, 4.69) is 53.2 Å². The van der Waals surface area contributed by atoms with Crippen LogP contribution in [0.2, 0.25) is 0 Å². The predicted octanol–water partition coefficient (Wildman–Crippen LogP) is 3.78. The maximum atomic E-state index is 4.43. The van der Waals surface area contributed by atoms with Gasteiger partial charge in [0.1, 0.15) is 0 Å². The van der Waals surface area contributed by atoms with Gasteiger partial charge in [-0.15, -0.1) is 11.3 Å². The molecular weight excluding hydrogens is 266 g/mol. The molecule has 0 aliphatic carbocycles. The van der Waals surface area contributed by atoms with Gasteiger partial charge >= 0.3 is 0 Å². The fourth-order valence-electron chi connectivity index (χ4n) is 2.07. The third-order valence-corrected chi connectivity index (χ3v) is 4.16. The number of nitrogens with zero attached hydrogens (tertiary/aromatic N) is 2. The molecule has 1 aromatic carbocycles. The first-order valence-corrected chi connectivity index (χ1v) is 7.56. The molecule has 0 saturated carbocycles. The number of nitrogens with one attached hydrogen (secondary N) is 1. The van der Waals surface area contributed by atoms with E-state index >= 15 is 0 Å². The molecule has 1 N–H and O–H groups in total. The lowest BCUT2D eigenvalue weighted by molar-refractivity contribution is 0.579. The Morgan fingerprint density at radius 1 is 1.20 bits per heavy atom. The zero-order valence-electron chi connectivity index (χ0n) is 11.4. The number of rotatable bonds is 5. The summed E-state index contributed by atoms with van der Waals surface area (Å²) < 4.78 is 1.92. The maximum Gasteiger partial charge on any atom is 0.0645 e. The van der Waals surface area contributed by atoms with Crippen molar-refractivity contribution in [3.63, 3.8) is 0 Å². The summed E-state index contributed by atoms with van der Waals surface area (Å²) in [6.07, 6.45) is 4.01. The van der Waals surface area contributed by atoms with Gasteiger partial charge in [-0.1, -0.05) is 24.3 Å². The van der Waals surface area contributed by atoms with E-state index in [4.69, 9.17) is 0 Å². The quantitative estimate of drug-likeness (QED) is 0.772. The first-order chi connectivity index (χ1) is 9.83. The lowest BCUT2D eigenvalue weighted by atomic mass is 10.2. The molecular formula is C16H17N3S. The average Bonchev–Trinajstić information content (AvgIpc) is 3.17. The van der Waals surface area contributed by atoms with Crippen LogP contribution in [0.5, 0.6) is 0 Å². The first-order valence-electron chi connectivity index (χ1n) is 6.69. The molecule has 4 heteroatoms. The third-order valence-electron chi connectivity index (χ3n) is 3.29. The van der Waals surface area contributed by atoms with Crippen LogP contribution >= 0.6 is 11.3 Å². The molecule has 0 spiro atoms. The molecule has 0 fully saturated rings. The lowest BCUT2D eigenvalue weighted by Crippen LogP contribution is -2.16. The van der Waals surface area contributed by atoms with E-state index in [-0.39, 0.29) is 6.04 Å². The average molecular weight is 283 g/mol. The number of hydrogen-bond donors (Lipinski definition) is 1. The molecule has 0 aliphatic heterocycles. The molecule has 2 heterocycles. The molecule has 2 aromatic heterocycles. The van der Waals surface area contributed by atoms with E-state index < -0.39 is 0 Å². The highest BCUT2D eigenvalue weighted by atomic mass is 32.1. The topological polar surface area (TPSA) is 29.9 Å². The molecule has 102 valence electrons. The van der Waals surface area contributed by atoms with E-state index in [1.165, 1.54) is 10.4 Å². The molecule has 0 saturated heterocycles. The van der Waals surface area contributed by atoms with Crippen molar-refractivity contribution in [1.82, 2.24) is 15.1 Å². The molecule has 0 bridgehead atoms. The standard InChI is InChI=1S/C16H17N3S/c1-13(17-11-16-8-5-9-20-16)14-10-18-19(12-14)15-6-3-2-4-7-15/h2-10,12-13,17H,11H2,1H3. The summed E-state index contributed by atoms with van der Waals surface area (Å²) in [7, 11) is 0. The lowest BCUT2D eigenvalue weighted by Gasteiger charge is -2.10. The van der Waals surface area contributed by atoms with Crippen LogP contribution in [-0.4, -0.2) is 9.78 Å². The molecule has 1 unspecified atom stereocenters. The summed E-state index contributed by atoms with van der Waals surface area (Å²) in [5, 5.41) is 10.1. The minimum Gasteiger partial charge on any atom is -0.305 e. The van der Waals surface area contributed by atoms with Crippen LogP contribution in [0.4, 0.5) is 0 Å². The summed E-state index contributed by atoms with van der Waals surface area (Å²) in [6.45, 7) is 3.06. The minimum absolute atomic E-state index is 0.287. The van der Waals surface area contributed by atoms with Crippen LogP contribution in [0.3, 0.4) is 0 Å². The van der Waals surface area contributed by atoms with Gasteiger partial charge in [-0.3, -0.25) is 0 Å². The normalized spacial score (nSPS) is 12.4. The number of benzene rings is 1. The van der Waals surface area contributed by atoms with Gasteiger partial charge in [-0.2, -0.15) is 5.10 Å². The van der Waals surface area contributed by atoms with Gasteiger partial charge < -0.3 is 5.32 Å². The zero-order valence-corrected chi connectivity index (χ0v) is 12.2. The summed E-state index contributed by atoms with van der Waals surface area (Å²) >= 11 is 1.78. The Hall–Kier alpha value is -1.91. The molecule has 0 amide bonds. The second-order valence-corrected chi connectivity index (χ2v) is 5.77. The number of para-hydroxylation sites is 1. The summed E-state index contributed by atoms with van der Waals surface area (Å²) in [5.41, 5.74) is 2.29. The number of thiophene rings is 1. The highest BCUT2D eigenvalue weighted by molar-refractivity contribution is 7.09. The van der Waals surface area contributed by atoms with Crippen LogP contribution in [0.1, 0.15) is 23.4 Å². The number of hydrogen-bond acceptors (Lipinski definition) is 3. The molecule has 0 radical (unpaired) electrons. The Morgan fingerprint density at radius 2 is 2.05 bits per heavy atom. The van der Waals surface area contributed by atoms with Crippen molar-refractivity contribution in [2.75, 3.05) is 0 Å². The molecule has 3 nitrogen and oxygen atoms in total. The van der Waals surface area contributed by atoms with E-state index in [9.17, 15) is 0 Å². The first kappa shape index (κ1) is 13.1. The smallest absolute Gasteiger partial charge is 0.0645 e. The predicted molar refractivity (Wildman–Crippen MR) is 83.1 cm³/mol. The Bertz CT molecular complexity index is 643. The molecule has 3 rings (SSSR count). The van der Waals surface area contributed by atoms with Gasteiger partial charge in [-0.05, 0) is 30.5 Å². The van der Waals surface area contributed by atoms with Gasteiger partial charge in [-0.25, -0.2) is 4.68 Å². The van der Waals surface area contributed by atoms with Gasteiger partial charge in [0, 0.05) is 29.2 Å². The van der Waals surface area contributed by atoms with Crippen molar-refractivity contribution < 1.29 is 0 Å². The zero-order chi connectivity index (χ0) is 13.8. The summed E-state index contributed by atoms with van der Waals surface area (Å²) in [4.78, 5) is 1.35. The van der Waals surface area contributed by atoms with Gasteiger partial charge in [0.2, 0.25) is 0 Å². The van der Waals surface area contributed by atoms with Crippen LogP contribution in [-0.2, 0) is 6.54 Å². The van der Waals surface area contributed by atoms with Crippen LogP contribution in [0.15, 0.2) is 60.2 Å². The van der Waals surface area contributed by atoms with E-state index in [0.29, 0.717) is 0 Å². The minimum atomic E-state index is 0.287. The molecule has 0 aliphatic rings. The van der Waals surface area contributed by atoms with Crippen LogP contribution in [0, 0.1) is 0 Å². The maximum absolute atomic E-state index is 4.43. The van der Waals surface area contributed by atoms with Crippen molar-refractivity contribution in [3.8, 4) is 5.69 Å². The molecule has 1 atom stereocenters. The monoisotopic (exact) mass is 283 g/mol. The van der Waals surface area contributed by atoms with Crippen LogP contribution < -0.4 is 5.32 Å². The third kappa shape index (κ3) is 2.98. The molecule has 3 aromatic rings. The largest absolute Gasteiger partial charge is 0.305 e. The Kier molecular flexibility index (Phi) is 3.95. The van der Waals surface area contributed by atoms with E-state index in [1.807, 2.05) is 29.1 Å². The van der Waals surface area contributed by atoms with Crippen molar-refractivity contribution in [2.45, 2.75) is 19.5 Å². The van der Waals surface area contributed by atoms with Crippen LogP contribution in [0.25, 0.3) is 5.69 Å². The van der Waals surface area contributed by atoms with E-state index in [0.717, 1.165) is 12.2 Å². The van der Waals surface area contributed by atoms with E-state index in [1.54, 1.807) is 11.3 Å². The number of aromatic nitrogens is 2. The second-order valence-electron chi connectivity index (χ2n) is 4.74. The highest BCUT2D eigenvalue weighted by Crippen LogP contribution is 2.16. The summed E-state index contributed by atoms with van der Waals surface area (Å²) in [5.74, 6) is 0. The van der Waals surface area contributed by atoms with Gasteiger partial charge in [0.15, 0.2) is 0 Å². The second kappa shape index (κ2) is 6.03. The van der Waals surface area contributed by atoms with Gasteiger partial charge in [0.25, 0.3) is 0 Å². The Balaban J connectivity index is 1.67.